The van der Waals surface area contributed by atoms with Crippen molar-refractivity contribution >= 4 is 17.2 Å². The lowest BCUT2D eigenvalue weighted by Gasteiger charge is -2.00. The molecule has 2 aromatic rings. The first-order chi connectivity index (χ1) is 7.75. The van der Waals surface area contributed by atoms with E-state index in [4.69, 9.17) is 4.42 Å². The highest BCUT2D eigenvalue weighted by Crippen LogP contribution is 2.08. The molecule has 0 aliphatic heterocycles. The number of hydrogen-bond acceptors (Lipinski definition) is 4. The van der Waals surface area contributed by atoms with Crippen molar-refractivity contribution in [1.82, 2.24) is 10.3 Å². The molecule has 0 aliphatic carbocycles. The summed E-state index contributed by atoms with van der Waals surface area (Å²) in [6.07, 6.45) is 2.24. The molecule has 0 spiro atoms. The summed E-state index contributed by atoms with van der Waals surface area (Å²) in [5, 5.41) is 5.82. The van der Waals surface area contributed by atoms with Crippen LogP contribution in [0.5, 0.6) is 0 Å². The van der Waals surface area contributed by atoms with Crippen LogP contribution in [0.3, 0.4) is 0 Å². The lowest BCUT2D eigenvalue weighted by molar-refractivity contribution is 0.0926. The third-order valence-electron chi connectivity index (χ3n) is 2.04. The summed E-state index contributed by atoms with van der Waals surface area (Å²) in [6.45, 7) is 2.54. The van der Waals surface area contributed by atoms with Gasteiger partial charge in [0.1, 0.15) is 0 Å². The number of rotatable bonds is 4. The minimum atomic E-state index is -0.182. The predicted molar refractivity (Wildman–Crippen MR) is 61.6 cm³/mol. The van der Waals surface area contributed by atoms with E-state index < -0.39 is 0 Å². The Morgan fingerprint density at radius 2 is 2.50 bits per heavy atom. The molecule has 16 heavy (non-hydrogen) atoms. The maximum absolute atomic E-state index is 11.5. The number of aryl methyl sites for hydroxylation is 1. The molecule has 0 bridgehead atoms. The third kappa shape index (κ3) is 2.70. The van der Waals surface area contributed by atoms with Gasteiger partial charge in [-0.2, -0.15) is 0 Å². The zero-order valence-corrected chi connectivity index (χ0v) is 9.71. The molecule has 0 saturated heterocycles. The molecule has 0 fully saturated rings. The van der Waals surface area contributed by atoms with E-state index in [2.05, 4.69) is 10.3 Å². The fourth-order valence-corrected chi connectivity index (χ4v) is 2.07. The first-order valence-corrected chi connectivity index (χ1v) is 5.86. The minimum absolute atomic E-state index is 0.182. The van der Waals surface area contributed by atoms with E-state index in [1.54, 1.807) is 23.5 Å². The first-order valence-electron chi connectivity index (χ1n) is 4.98. The van der Waals surface area contributed by atoms with Crippen LogP contribution in [-0.2, 0) is 6.42 Å². The monoisotopic (exact) mass is 236 g/mol. The number of furan rings is 1. The first kappa shape index (κ1) is 10.9. The molecule has 2 heterocycles. The van der Waals surface area contributed by atoms with Crippen LogP contribution in [0.1, 0.15) is 21.3 Å². The molecular formula is C11H12N2O2S. The second-order valence-electron chi connectivity index (χ2n) is 3.37. The molecule has 0 radical (unpaired) electrons. The van der Waals surface area contributed by atoms with Gasteiger partial charge in [0.2, 0.25) is 0 Å². The Hall–Kier alpha value is -1.62. The van der Waals surface area contributed by atoms with Gasteiger partial charge < -0.3 is 9.73 Å². The average molecular weight is 236 g/mol. The number of carbonyl (C=O) groups is 1. The average Bonchev–Trinajstić information content (AvgIpc) is 2.89. The summed E-state index contributed by atoms with van der Waals surface area (Å²) in [7, 11) is 0. The minimum Gasteiger partial charge on any atom is -0.459 e. The van der Waals surface area contributed by atoms with Crippen molar-refractivity contribution in [2.45, 2.75) is 13.3 Å². The molecule has 0 aliphatic rings. The van der Waals surface area contributed by atoms with Crippen molar-refractivity contribution in [3.05, 3.63) is 40.2 Å². The number of nitrogens with zero attached hydrogens (tertiary/aromatic N) is 1. The molecule has 2 rings (SSSR count). The maximum atomic E-state index is 11.5. The zero-order valence-electron chi connectivity index (χ0n) is 8.90. The summed E-state index contributed by atoms with van der Waals surface area (Å²) in [5.74, 6) is 0.161. The lowest BCUT2D eigenvalue weighted by Crippen LogP contribution is -2.25. The van der Waals surface area contributed by atoms with Crippen LogP contribution in [0.4, 0.5) is 0 Å². The number of nitrogens with one attached hydrogen (secondary N) is 1. The van der Waals surface area contributed by atoms with Crippen molar-refractivity contribution in [3.63, 3.8) is 0 Å². The van der Waals surface area contributed by atoms with Crippen molar-refractivity contribution < 1.29 is 9.21 Å². The summed E-state index contributed by atoms with van der Waals surface area (Å²) in [5.41, 5.74) is 1.03. The molecule has 2 aromatic heterocycles. The van der Waals surface area contributed by atoms with Crippen LogP contribution in [0.2, 0.25) is 0 Å². The fraction of sp³-hybridized carbons (Fsp3) is 0.273. The fourth-order valence-electron chi connectivity index (χ4n) is 1.30. The van der Waals surface area contributed by atoms with Gasteiger partial charge in [0.15, 0.2) is 5.76 Å². The highest BCUT2D eigenvalue weighted by Gasteiger charge is 2.07. The summed E-state index contributed by atoms with van der Waals surface area (Å²) >= 11 is 1.61. The third-order valence-corrected chi connectivity index (χ3v) is 3.06. The normalized spacial score (nSPS) is 10.3. The van der Waals surface area contributed by atoms with E-state index in [1.807, 2.05) is 12.3 Å². The number of thiazole rings is 1. The van der Waals surface area contributed by atoms with Crippen molar-refractivity contribution in [2.24, 2.45) is 0 Å². The standard InChI is InChI=1S/C11H12N2O2S/c1-8-7-16-10(13-8)4-5-12-11(14)9-3-2-6-15-9/h2-3,6-7H,4-5H2,1H3,(H,12,14). The van der Waals surface area contributed by atoms with Gasteiger partial charge in [0.25, 0.3) is 5.91 Å². The highest BCUT2D eigenvalue weighted by molar-refractivity contribution is 7.09. The Bertz CT molecular complexity index is 462. The number of amides is 1. The Kier molecular flexibility index (Phi) is 3.36. The quantitative estimate of drug-likeness (QED) is 0.883. The van der Waals surface area contributed by atoms with Crippen molar-refractivity contribution in [3.8, 4) is 0 Å². The highest BCUT2D eigenvalue weighted by atomic mass is 32.1. The molecule has 0 aromatic carbocycles. The maximum Gasteiger partial charge on any atom is 0.286 e. The van der Waals surface area contributed by atoms with Crippen LogP contribution in [-0.4, -0.2) is 17.4 Å². The molecule has 0 saturated carbocycles. The number of hydrogen-bond donors (Lipinski definition) is 1. The van der Waals surface area contributed by atoms with Gasteiger partial charge >= 0.3 is 0 Å². The SMILES string of the molecule is Cc1csc(CCNC(=O)c2ccco2)n1. The molecule has 4 nitrogen and oxygen atoms in total. The van der Waals surface area contributed by atoms with Gasteiger partial charge in [0, 0.05) is 24.0 Å². The second-order valence-corrected chi connectivity index (χ2v) is 4.31. The lowest BCUT2D eigenvalue weighted by atomic mass is 10.4. The van der Waals surface area contributed by atoms with Crippen LogP contribution in [0.15, 0.2) is 28.2 Å². The Morgan fingerprint density at radius 1 is 1.62 bits per heavy atom. The summed E-state index contributed by atoms with van der Waals surface area (Å²) in [4.78, 5) is 15.8. The smallest absolute Gasteiger partial charge is 0.286 e. The van der Waals surface area contributed by atoms with E-state index in [1.165, 1.54) is 6.26 Å². The molecule has 84 valence electrons. The Morgan fingerprint density at radius 3 is 3.12 bits per heavy atom. The topological polar surface area (TPSA) is 55.1 Å². The van der Waals surface area contributed by atoms with Gasteiger partial charge in [0.05, 0.1) is 11.3 Å². The molecule has 1 amide bonds. The molecule has 0 atom stereocenters. The van der Waals surface area contributed by atoms with E-state index in [-0.39, 0.29) is 5.91 Å². The van der Waals surface area contributed by atoms with Crippen LogP contribution >= 0.6 is 11.3 Å². The van der Waals surface area contributed by atoms with Gasteiger partial charge in [-0.1, -0.05) is 0 Å². The Labute approximate surface area is 97.3 Å². The van der Waals surface area contributed by atoms with Crippen molar-refractivity contribution in [1.29, 1.82) is 0 Å². The van der Waals surface area contributed by atoms with Gasteiger partial charge in [-0.3, -0.25) is 4.79 Å². The van der Waals surface area contributed by atoms with Crippen molar-refractivity contribution in [2.75, 3.05) is 6.54 Å². The zero-order chi connectivity index (χ0) is 11.4. The van der Waals surface area contributed by atoms with Crippen LogP contribution in [0.25, 0.3) is 0 Å². The van der Waals surface area contributed by atoms with Crippen LogP contribution < -0.4 is 5.32 Å². The van der Waals surface area contributed by atoms with E-state index in [9.17, 15) is 4.79 Å². The number of carbonyl (C=O) groups excluding carboxylic acids is 1. The molecule has 1 N–H and O–H groups in total. The second kappa shape index (κ2) is 4.94. The van der Waals surface area contributed by atoms with E-state index >= 15 is 0 Å². The summed E-state index contributed by atoms with van der Waals surface area (Å²) < 4.78 is 4.98. The van der Waals surface area contributed by atoms with Gasteiger partial charge in [-0.25, -0.2) is 4.98 Å². The molecular weight excluding hydrogens is 224 g/mol. The molecule has 5 heteroatoms. The van der Waals surface area contributed by atoms with E-state index in [0.29, 0.717) is 12.3 Å². The summed E-state index contributed by atoms with van der Waals surface area (Å²) in [6, 6.07) is 3.34. The van der Waals surface area contributed by atoms with Gasteiger partial charge in [-0.15, -0.1) is 11.3 Å². The van der Waals surface area contributed by atoms with Gasteiger partial charge in [-0.05, 0) is 19.1 Å². The number of aromatic nitrogens is 1. The van der Waals surface area contributed by atoms with E-state index in [0.717, 1.165) is 17.1 Å². The molecule has 0 unspecified atom stereocenters. The van der Waals surface area contributed by atoms with Crippen LogP contribution in [0, 0.1) is 6.92 Å². The predicted octanol–water partition coefficient (Wildman–Crippen LogP) is 2.02. The largest absolute Gasteiger partial charge is 0.459 e. The Balaban J connectivity index is 1.78.